The zero-order chi connectivity index (χ0) is 24.3. The maximum absolute atomic E-state index is 2.69. The van der Waals surface area contributed by atoms with E-state index in [-0.39, 0.29) is 11.0 Å². The Morgan fingerprint density at radius 2 is 1.31 bits per heavy atom. The summed E-state index contributed by atoms with van der Waals surface area (Å²) >= 11 is 0. The van der Waals surface area contributed by atoms with Gasteiger partial charge in [0.1, 0.15) is 0 Å². The molecule has 0 spiro atoms. The monoisotopic (exact) mass is 469 g/mol. The summed E-state index contributed by atoms with van der Waals surface area (Å²) in [5.74, 6) is 0. The fraction of sp³-hybridized carbons (Fsp3) is 0.314. The molecule has 2 unspecified atom stereocenters. The van der Waals surface area contributed by atoms with E-state index in [1.165, 1.54) is 88.8 Å². The minimum absolute atomic E-state index is 0.0787. The Labute approximate surface area is 215 Å². The van der Waals surface area contributed by atoms with Gasteiger partial charge in [-0.25, -0.2) is 0 Å². The van der Waals surface area contributed by atoms with Crippen LogP contribution in [0, 0.1) is 0 Å². The van der Waals surface area contributed by atoms with E-state index in [1.807, 2.05) is 0 Å². The lowest BCUT2D eigenvalue weighted by molar-refractivity contribution is 0.218. The fourth-order valence-electron chi connectivity index (χ4n) is 7.57. The van der Waals surface area contributed by atoms with Crippen molar-refractivity contribution in [2.24, 2.45) is 0 Å². The quantitative estimate of drug-likeness (QED) is 0.249. The molecule has 36 heavy (non-hydrogen) atoms. The normalized spacial score (nSPS) is 24.3. The Kier molecular flexibility index (Phi) is 4.93. The van der Waals surface area contributed by atoms with Gasteiger partial charge >= 0.3 is 0 Å². The Morgan fingerprint density at radius 3 is 2.17 bits per heavy atom. The molecule has 1 heteroatoms. The summed E-state index contributed by atoms with van der Waals surface area (Å²) in [5, 5.41) is 0. The van der Waals surface area contributed by atoms with Crippen LogP contribution in [-0.2, 0) is 11.8 Å². The Morgan fingerprint density at radius 1 is 0.611 bits per heavy atom. The van der Waals surface area contributed by atoms with Crippen molar-refractivity contribution < 1.29 is 0 Å². The SMILES string of the molecule is CC12CCCCCCC1(C)N(c1ccccc1)c1ccc(-c3ccc4c(c3)Cc3ccccc3-4)cc12. The number of anilines is 2. The first kappa shape index (κ1) is 21.9. The number of rotatable bonds is 2. The molecule has 3 aliphatic rings. The number of hydrogen-bond donors (Lipinski definition) is 0. The van der Waals surface area contributed by atoms with Crippen LogP contribution in [-0.4, -0.2) is 5.54 Å². The molecule has 7 rings (SSSR count). The maximum Gasteiger partial charge on any atom is 0.0517 e. The molecule has 0 amide bonds. The summed E-state index contributed by atoms with van der Waals surface area (Å²) in [6, 6.07) is 34.4. The van der Waals surface area contributed by atoms with Crippen molar-refractivity contribution in [1.82, 2.24) is 0 Å². The van der Waals surface area contributed by atoms with E-state index in [0.717, 1.165) is 6.42 Å². The predicted molar refractivity (Wildman–Crippen MR) is 152 cm³/mol. The van der Waals surface area contributed by atoms with Crippen LogP contribution in [0.3, 0.4) is 0 Å². The van der Waals surface area contributed by atoms with Crippen molar-refractivity contribution in [3.63, 3.8) is 0 Å². The zero-order valence-corrected chi connectivity index (χ0v) is 21.6. The molecule has 0 N–H and O–H groups in total. The van der Waals surface area contributed by atoms with Gasteiger partial charge in [0, 0.05) is 16.8 Å². The van der Waals surface area contributed by atoms with Crippen molar-refractivity contribution in [1.29, 1.82) is 0 Å². The molecule has 1 nitrogen and oxygen atoms in total. The summed E-state index contributed by atoms with van der Waals surface area (Å²) in [4.78, 5) is 2.69. The van der Waals surface area contributed by atoms with E-state index in [2.05, 4.69) is 110 Å². The van der Waals surface area contributed by atoms with Crippen molar-refractivity contribution in [3.8, 4) is 22.3 Å². The van der Waals surface area contributed by atoms with Crippen LogP contribution in [0.15, 0.2) is 91.0 Å². The highest BCUT2D eigenvalue weighted by atomic mass is 15.2. The standard InChI is InChI=1S/C35H35N/c1-34-20-10-3-4-11-21-35(34,2)36(29-13-6-5-7-14-29)33-19-17-26(24-32(33)34)25-16-18-31-28(22-25)23-27-12-8-9-15-30(27)31/h5-9,12-19,22,24H,3-4,10-11,20-21,23H2,1-2H3. The molecular weight excluding hydrogens is 434 g/mol. The van der Waals surface area contributed by atoms with Gasteiger partial charge < -0.3 is 4.90 Å². The molecule has 2 aliphatic carbocycles. The molecule has 1 heterocycles. The number of nitrogens with zero attached hydrogens (tertiary/aromatic N) is 1. The lowest BCUT2D eigenvalue weighted by Crippen LogP contribution is -2.53. The topological polar surface area (TPSA) is 3.24 Å². The Bertz CT molecular complexity index is 1450. The Balaban J connectivity index is 1.36. The van der Waals surface area contributed by atoms with Gasteiger partial charge in [0.05, 0.1) is 5.54 Å². The lowest BCUT2D eigenvalue weighted by Gasteiger charge is -2.48. The molecule has 0 bridgehead atoms. The van der Waals surface area contributed by atoms with E-state index in [1.54, 1.807) is 0 Å². The van der Waals surface area contributed by atoms with E-state index >= 15 is 0 Å². The molecule has 0 radical (unpaired) electrons. The van der Waals surface area contributed by atoms with Crippen LogP contribution in [0.5, 0.6) is 0 Å². The van der Waals surface area contributed by atoms with Gasteiger partial charge in [0.2, 0.25) is 0 Å². The average Bonchev–Trinajstić information content (AvgIpc) is 3.36. The molecule has 1 fully saturated rings. The van der Waals surface area contributed by atoms with Crippen LogP contribution in [0.2, 0.25) is 0 Å². The number of fused-ring (bicyclic) bond motifs is 6. The molecule has 0 aromatic heterocycles. The van der Waals surface area contributed by atoms with E-state index in [9.17, 15) is 0 Å². The summed E-state index contributed by atoms with van der Waals surface area (Å²) < 4.78 is 0. The third kappa shape index (κ3) is 3.08. The molecule has 1 aliphatic heterocycles. The first-order chi connectivity index (χ1) is 17.6. The third-order valence-corrected chi connectivity index (χ3v) is 9.75. The van der Waals surface area contributed by atoms with Gasteiger partial charge in [0.15, 0.2) is 0 Å². The minimum atomic E-state index is 0.0787. The van der Waals surface area contributed by atoms with Crippen molar-refractivity contribution in [2.75, 3.05) is 4.90 Å². The van der Waals surface area contributed by atoms with Crippen molar-refractivity contribution >= 4 is 11.4 Å². The smallest absolute Gasteiger partial charge is 0.0517 e. The van der Waals surface area contributed by atoms with Crippen LogP contribution in [0.4, 0.5) is 11.4 Å². The van der Waals surface area contributed by atoms with Gasteiger partial charge in [0.25, 0.3) is 0 Å². The second-order valence-corrected chi connectivity index (χ2v) is 11.6. The highest BCUT2D eigenvalue weighted by molar-refractivity contribution is 5.83. The number of benzene rings is 4. The second kappa shape index (κ2) is 8.10. The van der Waals surface area contributed by atoms with Crippen LogP contribution in [0.25, 0.3) is 22.3 Å². The van der Waals surface area contributed by atoms with Gasteiger partial charge in [-0.1, -0.05) is 99.3 Å². The zero-order valence-electron chi connectivity index (χ0n) is 21.6. The van der Waals surface area contributed by atoms with Gasteiger partial charge in [-0.2, -0.15) is 0 Å². The maximum atomic E-state index is 2.69. The van der Waals surface area contributed by atoms with E-state index in [4.69, 9.17) is 0 Å². The summed E-state index contributed by atoms with van der Waals surface area (Å²) in [6.45, 7) is 5.10. The number of para-hydroxylation sites is 1. The van der Waals surface area contributed by atoms with E-state index in [0.29, 0.717) is 0 Å². The van der Waals surface area contributed by atoms with E-state index < -0.39 is 0 Å². The largest absolute Gasteiger partial charge is 0.334 e. The molecule has 1 saturated carbocycles. The highest BCUT2D eigenvalue weighted by Crippen LogP contribution is 2.60. The van der Waals surface area contributed by atoms with Gasteiger partial charge in [-0.15, -0.1) is 0 Å². The van der Waals surface area contributed by atoms with Crippen LogP contribution < -0.4 is 4.90 Å². The molecule has 4 aromatic rings. The second-order valence-electron chi connectivity index (χ2n) is 11.6. The molecule has 0 saturated heterocycles. The van der Waals surface area contributed by atoms with Crippen LogP contribution in [0.1, 0.15) is 69.1 Å². The Hall–Kier alpha value is -3.32. The molecule has 4 aromatic carbocycles. The first-order valence-corrected chi connectivity index (χ1v) is 13.8. The summed E-state index contributed by atoms with van der Waals surface area (Å²) in [5.41, 5.74) is 12.9. The van der Waals surface area contributed by atoms with Gasteiger partial charge in [-0.3, -0.25) is 0 Å². The fourth-order valence-corrected chi connectivity index (χ4v) is 7.57. The average molecular weight is 470 g/mol. The highest BCUT2D eigenvalue weighted by Gasteiger charge is 2.56. The number of hydrogen-bond acceptors (Lipinski definition) is 1. The third-order valence-electron chi connectivity index (χ3n) is 9.75. The summed E-state index contributed by atoms with van der Waals surface area (Å²) in [6.07, 6.45) is 8.87. The van der Waals surface area contributed by atoms with Crippen molar-refractivity contribution in [2.45, 2.75) is 69.7 Å². The first-order valence-electron chi connectivity index (χ1n) is 13.8. The molecule has 180 valence electrons. The minimum Gasteiger partial charge on any atom is -0.334 e. The molecule has 2 atom stereocenters. The van der Waals surface area contributed by atoms with Crippen LogP contribution >= 0.6 is 0 Å². The molecular formula is C35H35N. The predicted octanol–water partition coefficient (Wildman–Crippen LogP) is 9.45. The lowest BCUT2D eigenvalue weighted by atomic mass is 9.63. The summed E-state index contributed by atoms with van der Waals surface area (Å²) in [7, 11) is 0. The van der Waals surface area contributed by atoms with Crippen molar-refractivity contribution in [3.05, 3.63) is 108 Å². The van der Waals surface area contributed by atoms with Gasteiger partial charge in [-0.05, 0) is 89.4 Å².